The maximum atomic E-state index is 0. The van der Waals surface area contributed by atoms with Crippen molar-refractivity contribution in [2.24, 2.45) is 0 Å². The van der Waals surface area contributed by atoms with Gasteiger partial charge in [-0.1, -0.05) is 0 Å². The van der Waals surface area contributed by atoms with E-state index in [1.165, 1.54) is 0 Å². The van der Waals surface area contributed by atoms with E-state index in [4.69, 9.17) is 0 Å². The van der Waals surface area contributed by atoms with E-state index in [0.29, 0.717) is 0 Å². The van der Waals surface area contributed by atoms with Gasteiger partial charge in [-0.3, -0.25) is 0 Å². The Morgan fingerprint density at radius 2 is 0.300 bits per heavy atom. The van der Waals surface area contributed by atoms with Crippen molar-refractivity contribution in [2.45, 2.75) is 0 Å². The van der Waals surface area contributed by atoms with Crippen molar-refractivity contribution in [3.05, 3.63) is 0 Å². The summed E-state index contributed by atoms with van der Waals surface area (Å²) in [6, 6.07) is 0. The van der Waals surface area contributed by atoms with Crippen LogP contribution in [0.15, 0.2) is 0 Å². The monoisotopic (exact) mass is 200 g/mol. The first-order valence-electron chi connectivity index (χ1n) is 0. The van der Waals surface area contributed by atoms with Crippen LogP contribution in [0.2, 0.25) is 0 Å². The Morgan fingerprint density at radius 3 is 0.300 bits per heavy atom. The first-order chi connectivity index (χ1) is 0. The molecule has 0 amide bonds. The van der Waals surface area contributed by atoms with Crippen LogP contribution in [0.3, 0.4) is 0 Å². The van der Waals surface area contributed by atoms with Crippen molar-refractivity contribution in [1.29, 1.82) is 0 Å². The summed E-state index contributed by atoms with van der Waals surface area (Å²) in [5, 5.41) is 0. The molecule has 17 N–H and O–H groups in total. The Bertz CT molecular complexity index is 4.69. The van der Waals surface area contributed by atoms with Crippen LogP contribution in [0, 0.1) is 0 Å². The fourth-order valence-electron chi connectivity index (χ4n) is 0. The SMILES string of the molecule is O.O.O.O.O.O.O.O.[K+].[OH-]. The fraction of sp³-hybridized carbons (Fsp3) is 0. The summed E-state index contributed by atoms with van der Waals surface area (Å²) in [5.41, 5.74) is 0. The maximum Gasteiger partial charge on any atom is 1.00 e. The van der Waals surface area contributed by atoms with Crippen LogP contribution >= 0.6 is 0 Å². The third-order valence-electron chi connectivity index (χ3n) is 0. The van der Waals surface area contributed by atoms with Gasteiger partial charge in [0.25, 0.3) is 0 Å². The number of rotatable bonds is 0. The predicted octanol–water partition coefficient (Wildman–Crippen LogP) is -9.77. The molecule has 0 bridgehead atoms. The van der Waals surface area contributed by atoms with Gasteiger partial charge in [0.2, 0.25) is 0 Å². The minimum absolute atomic E-state index is 0. The van der Waals surface area contributed by atoms with Gasteiger partial charge in [-0.2, -0.15) is 0 Å². The maximum absolute atomic E-state index is 0. The van der Waals surface area contributed by atoms with Gasteiger partial charge >= 0.3 is 51.4 Å². The van der Waals surface area contributed by atoms with Gasteiger partial charge in [0.05, 0.1) is 0 Å². The Labute approximate surface area is 99.6 Å². The average Bonchev–Trinajstić information content (AvgIpc) is 0. The van der Waals surface area contributed by atoms with Crippen molar-refractivity contribution in [2.75, 3.05) is 0 Å². The first kappa shape index (κ1) is 731. The van der Waals surface area contributed by atoms with E-state index in [1.54, 1.807) is 0 Å². The summed E-state index contributed by atoms with van der Waals surface area (Å²) in [6.45, 7) is 0. The van der Waals surface area contributed by atoms with E-state index in [9.17, 15) is 0 Å². The van der Waals surface area contributed by atoms with Gasteiger partial charge in [-0.15, -0.1) is 0 Å². The Morgan fingerprint density at radius 1 is 0.300 bits per heavy atom. The molecule has 0 aliphatic carbocycles. The smallest absolute Gasteiger partial charge is 0.870 e. The number of hydrogen-bond donors (Lipinski definition) is 0. The second-order valence-corrected chi connectivity index (χ2v) is 0. The molecule has 72 valence electrons. The molecule has 0 aromatic rings. The van der Waals surface area contributed by atoms with Crippen molar-refractivity contribution in [1.82, 2.24) is 0 Å². The predicted molar refractivity (Wildman–Crippen MR) is 30.8 cm³/mol. The summed E-state index contributed by atoms with van der Waals surface area (Å²) < 4.78 is 0. The molecule has 10 heavy (non-hydrogen) atoms. The van der Waals surface area contributed by atoms with E-state index in [2.05, 4.69) is 0 Å². The summed E-state index contributed by atoms with van der Waals surface area (Å²) in [6.07, 6.45) is 0. The molecule has 0 radical (unpaired) electrons. The molecule has 0 aromatic carbocycles. The van der Waals surface area contributed by atoms with Crippen LogP contribution in [0.4, 0.5) is 0 Å². The molecule has 0 fully saturated rings. The van der Waals surface area contributed by atoms with Crippen molar-refractivity contribution < 1.29 is 101 Å². The molecule has 0 rings (SSSR count). The summed E-state index contributed by atoms with van der Waals surface area (Å²) in [5.74, 6) is 0. The third kappa shape index (κ3) is 390. The Balaban J connectivity index is 0. The molecular formula is H17KO9. The summed E-state index contributed by atoms with van der Waals surface area (Å²) in [7, 11) is 0. The average molecular weight is 200 g/mol. The molecular weight excluding hydrogens is 183 g/mol. The van der Waals surface area contributed by atoms with Gasteiger partial charge in [-0.25, -0.2) is 0 Å². The summed E-state index contributed by atoms with van der Waals surface area (Å²) in [4.78, 5) is 0. The first-order valence-corrected chi connectivity index (χ1v) is 0. The van der Waals surface area contributed by atoms with Crippen LogP contribution in [-0.2, 0) is 0 Å². The molecule has 0 saturated heterocycles. The van der Waals surface area contributed by atoms with Gasteiger partial charge in [0.15, 0.2) is 0 Å². The van der Waals surface area contributed by atoms with E-state index in [0.717, 1.165) is 0 Å². The molecule has 0 aromatic heterocycles. The second-order valence-electron chi connectivity index (χ2n) is 0. The van der Waals surface area contributed by atoms with E-state index in [1.807, 2.05) is 0 Å². The van der Waals surface area contributed by atoms with Gasteiger partial charge in [0, 0.05) is 0 Å². The van der Waals surface area contributed by atoms with Crippen LogP contribution in [0.5, 0.6) is 0 Å². The third-order valence-corrected chi connectivity index (χ3v) is 0. The zero-order valence-electron chi connectivity index (χ0n) is 5.45. The minimum Gasteiger partial charge on any atom is -0.870 e. The molecule has 0 heterocycles. The molecule has 0 atom stereocenters. The van der Waals surface area contributed by atoms with Gasteiger partial charge in [-0.05, 0) is 0 Å². The van der Waals surface area contributed by atoms with Crippen molar-refractivity contribution in [3.63, 3.8) is 0 Å². The van der Waals surface area contributed by atoms with E-state index in [-0.39, 0.29) is 101 Å². The normalized spacial score (nSPS) is 0. The molecule has 0 aliphatic heterocycles. The number of hydrogen-bond acceptors (Lipinski definition) is 1. The van der Waals surface area contributed by atoms with E-state index < -0.39 is 0 Å². The van der Waals surface area contributed by atoms with Crippen LogP contribution in [0.1, 0.15) is 0 Å². The van der Waals surface area contributed by atoms with Gasteiger partial charge < -0.3 is 49.3 Å². The Hall–Kier alpha value is 1.28. The van der Waals surface area contributed by atoms with Crippen LogP contribution in [-0.4, -0.2) is 49.3 Å². The fourth-order valence-corrected chi connectivity index (χ4v) is 0. The van der Waals surface area contributed by atoms with E-state index >= 15 is 0 Å². The zero-order valence-corrected chi connectivity index (χ0v) is 8.57. The van der Waals surface area contributed by atoms with Crippen molar-refractivity contribution in [3.8, 4) is 0 Å². The standard InChI is InChI=1S/K.9H2O/h;9*1H2/q+1;;;;;;;;;/p-1. The second kappa shape index (κ2) is 543. The molecule has 10 heteroatoms. The molecule has 0 aliphatic rings. The van der Waals surface area contributed by atoms with Crippen LogP contribution < -0.4 is 51.4 Å². The molecule has 0 unspecified atom stereocenters. The quantitative estimate of drug-likeness (QED) is 0.338. The minimum atomic E-state index is 0. The molecule has 0 spiro atoms. The largest absolute Gasteiger partial charge is 1.00 e. The molecule has 9 nitrogen and oxygen atoms in total. The van der Waals surface area contributed by atoms with Gasteiger partial charge in [0.1, 0.15) is 0 Å². The summed E-state index contributed by atoms with van der Waals surface area (Å²) >= 11 is 0. The molecule has 0 saturated carbocycles. The van der Waals surface area contributed by atoms with Crippen LogP contribution in [0.25, 0.3) is 0 Å². The topological polar surface area (TPSA) is 282 Å². The zero-order chi connectivity index (χ0) is 0. The van der Waals surface area contributed by atoms with Crippen molar-refractivity contribution >= 4 is 0 Å². The Kier molecular flexibility index (Phi) is 39700.